The molecule has 0 bridgehead atoms. The van der Waals surface area contributed by atoms with E-state index >= 15 is 0 Å². The molecular weight excluding hydrogens is 170 g/mol. The van der Waals surface area contributed by atoms with Gasteiger partial charge in [-0.1, -0.05) is 0 Å². The van der Waals surface area contributed by atoms with E-state index in [0.717, 1.165) is 0 Å². The fourth-order valence-electron chi connectivity index (χ4n) is 1.52. The third kappa shape index (κ3) is 1.80. The van der Waals surface area contributed by atoms with E-state index in [1.807, 2.05) is 13.8 Å². The predicted molar refractivity (Wildman–Crippen MR) is 47.6 cm³/mol. The predicted octanol–water partition coefficient (Wildman–Crippen LogP) is -1.19. The van der Waals surface area contributed by atoms with Crippen LogP contribution >= 0.6 is 0 Å². The average molecular weight is 185 g/mol. The van der Waals surface area contributed by atoms with Crippen LogP contribution in [0.1, 0.15) is 20.3 Å². The van der Waals surface area contributed by atoms with Crippen molar-refractivity contribution >= 4 is 11.8 Å². The van der Waals surface area contributed by atoms with Crippen molar-refractivity contribution in [2.45, 2.75) is 31.8 Å². The first-order chi connectivity index (χ1) is 5.84. The molecule has 1 heterocycles. The van der Waals surface area contributed by atoms with Gasteiger partial charge in [0.25, 0.3) is 0 Å². The van der Waals surface area contributed by atoms with Gasteiger partial charge in [-0.15, -0.1) is 0 Å². The number of primary amides is 1. The van der Waals surface area contributed by atoms with Gasteiger partial charge in [-0.25, -0.2) is 0 Å². The monoisotopic (exact) mass is 185 g/mol. The molecule has 1 unspecified atom stereocenters. The van der Waals surface area contributed by atoms with Crippen molar-refractivity contribution in [3.05, 3.63) is 0 Å². The summed E-state index contributed by atoms with van der Waals surface area (Å²) in [5, 5.41) is 0. The second-order valence-electron chi connectivity index (χ2n) is 4.01. The fourth-order valence-corrected chi connectivity index (χ4v) is 1.52. The summed E-state index contributed by atoms with van der Waals surface area (Å²) in [6.45, 7) is 4.13. The van der Waals surface area contributed by atoms with Gasteiger partial charge in [0, 0.05) is 18.5 Å². The zero-order valence-electron chi connectivity index (χ0n) is 7.91. The Labute approximate surface area is 77.1 Å². The van der Waals surface area contributed by atoms with E-state index in [0.29, 0.717) is 6.54 Å². The van der Waals surface area contributed by atoms with E-state index in [1.54, 1.807) is 4.90 Å². The number of carbonyl (C=O) groups is 2. The maximum Gasteiger partial charge on any atom is 0.241 e. The van der Waals surface area contributed by atoms with Gasteiger partial charge in [0.05, 0.1) is 0 Å². The van der Waals surface area contributed by atoms with Crippen molar-refractivity contribution in [2.75, 3.05) is 6.54 Å². The van der Waals surface area contributed by atoms with Crippen LogP contribution in [-0.2, 0) is 9.59 Å². The molecule has 0 spiro atoms. The molecule has 1 rings (SSSR count). The molecule has 4 N–H and O–H groups in total. The van der Waals surface area contributed by atoms with Gasteiger partial charge in [0.15, 0.2) is 0 Å². The van der Waals surface area contributed by atoms with Crippen LogP contribution in [0.2, 0.25) is 0 Å². The molecule has 5 heteroatoms. The zero-order valence-corrected chi connectivity index (χ0v) is 7.91. The van der Waals surface area contributed by atoms with Crippen molar-refractivity contribution in [1.82, 2.24) is 4.90 Å². The van der Waals surface area contributed by atoms with E-state index in [2.05, 4.69) is 0 Å². The topological polar surface area (TPSA) is 89.4 Å². The van der Waals surface area contributed by atoms with E-state index in [9.17, 15) is 9.59 Å². The number of β-lactam (4-membered cyclic amide) rings is 1. The number of nitrogens with zero attached hydrogens (tertiary/aromatic N) is 1. The summed E-state index contributed by atoms with van der Waals surface area (Å²) < 4.78 is 0. The van der Waals surface area contributed by atoms with Gasteiger partial charge in [0.1, 0.15) is 6.04 Å². The summed E-state index contributed by atoms with van der Waals surface area (Å²) >= 11 is 0. The minimum atomic E-state index is -0.501. The van der Waals surface area contributed by atoms with E-state index < -0.39 is 17.5 Å². The highest BCUT2D eigenvalue weighted by molar-refractivity contribution is 5.89. The van der Waals surface area contributed by atoms with E-state index in [1.165, 1.54) is 0 Å². The van der Waals surface area contributed by atoms with Crippen molar-refractivity contribution < 1.29 is 9.59 Å². The summed E-state index contributed by atoms with van der Waals surface area (Å²) in [4.78, 5) is 23.5. The van der Waals surface area contributed by atoms with Gasteiger partial charge < -0.3 is 16.4 Å². The van der Waals surface area contributed by atoms with Crippen LogP contribution in [-0.4, -0.2) is 34.8 Å². The molecule has 0 aromatic heterocycles. The number of amides is 2. The molecule has 1 aliphatic heterocycles. The number of hydrogen-bond donors (Lipinski definition) is 2. The Hall–Kier alpha value is -1.10. The van der Waals surface area contributed by atoms with Crippen LogP contribution in [0.4, 0.5) is 0 Å². The van der Waals surface area contributed by atoms with Crippen LogP contribution in [0.15, 0.2) is 0 Å². The summed E-state index contributed by atoms with van der Waals surface area (Å²) in [7, 11) is 0. The van der Waals surface area contributed by atoms with E-state index in [-0.39, 0.29) is 12.3 Å². The molecule has 74 valence electrons. The Bertz CT molecular complexity index is 250. The Morgan fingerprint density at radius 3 is 2.54 bits per heavy atom. The molecule has 1 fully saturated rings. The zero-order chi connectivity index (χ0) is 10.2. The van der Waals surface area contributed by atoms with Crippen LogP contribution in [0.5, 0.6) is 0 Å². The van der Waals surface area contributed by atoms with Crippen LogP contribution in [0.25, 0.3) is 0 Å². The summed E-state index contributed by atoms with van der Waals surface area (Å²) in [5.74, 6) is -0.510. The first kappa shape index (κ1) is 9.98. The third-order valence-corrected chi connectivity index (χ3v) is 2.30. The standard InChI is InChI=1S/C8H15N3O2/c1-8(2,3-6(10)12)11-4-5(9)7(11)13/h5H,3-4,9H2,1-2H3,(H2,10,12). The Balaban J connectivity index is 2.61. The summed E-state index contributed by atoms with van der Waals surface area (Å²) in [5.41, 5.74) is 10.00. The van der Waals surface area contributed by atoms with Crippen LogP contribution < -0.4 is 11.5 Å². The van der Waals surface area contributed by atoms with Gasteiger partial charge >= 0.3 is 0 Å². The maximum atomic E-state index is 11.2. The Morgan fingerprint density at radius 2 is 2.23 bits per heavy atom. The average Bonchev–Trinajstić information content (AvgIpc) is 1.96. The molecule has 1 aliphatic rings. The Kier molecular flexibility index (Phi) is 2.30. The number of likely N-dealkylation sites (tertiary alicyclic amines) is 1. The van der Waals surface area contributed by atoms with Crippen molar-refractivity contribution in [2.24, 2.45) is 11.5 Å². The van der Waals surface area contributed by atoms with Crippen LogP contribution in [0.3, 0.4) is 0 Å². The lowest BCUT2D eigenvalue weighted by Crippen LogP contribution is -2.67. The van der Waals surface area contributed by atoms with E-state index in [4.69, 9.17) is 11.5 Å². The molecule has 13 heavy (non-hydrogen) atoms. The molecule has 0 aromatic carbocycles. The largest absolute Gasteiger partial charge is 0.370 e. The molecule has 0 radical (unpaired) electrons. The minimum Gasteiger partial charge on any atom is -0.370 e. The first-order valence-electron chi connectivity index (χ1n) is 4.20. The number of rotatable bonds is 3. The van der Waals surface area contributed by atoms with Crippen LogP contribution in [0, 0.1) is 0 Å². The molecule has 1 saturated heterocycles. The van der Waals surface area contributed by atoms with Gasteiger partial charge in [0.2, 0.25) is 11.8 Å². The molecule has 2 amide bonds. The highest BCUT2D eigenvalue weighted by atomic mass is 16.2. The second kappa shape index (κ2) is 2.99. The molecule has 0 saturated carbocycles. The molecular formula is C8H15N3O2. The number of nitrogens with two attached hydrogens (primary N) is 2. The molecule has 5 nitrogen and oxygen atoms in total. The van der Waals surface area contributed by atoms with Crippen molar-refractivity contribution in [1.29, 1.82) is 0 Å². The Morgan fingerprint density at radius 1 is 1.69 bits per heavy atom. The van der Waals surface area contributed by atoms with Crippen molar-refractivity contribution in [3.8, 4) is 0 Å². The minimum absolute atomic E-state index is 0.105. The quantitative estimate of drug-likeness (QED) is 0.542. The normalized spacial score (nSPS) is 22.8. The maximum absolute atomic E-state index is 11.2. The number of hydrogen-bond acceptors (Lipinski definition) is 3. The van der Waals surface area contributed by atoms with Crippen molar-refractivity contribution in [3.63, 3.8) is 0 Å². The number of carbonyl (C=O) groups excluding carboxylic acids is 2. The fraction of sp³-hybridized carbons (Fsp3) is 0.750. The van der Waals surface area contributed by atoms with Gasteiger partial charge in [-0.05, 0) is 13.8 Å². The summed E-state index contributed by atoms with van der Waals surface area (Å²) in [6.07, 6.45) is 0.172. The highest BCUT2D eigenvalue weighted by Gasteiger charge is 2.43. The first-order valence-corrected chi connectivity index (χ1v) is 4.20. The lowest BCUT2D eigenvalue weighted by molar-refractivity contribution is -0.151. The molecule has 0 aliphatic carbocycles. The molecule has 0 aromatic rings. The van der Waals surface area contributed by atoms with Gasteiger partial charge in [-0.2, -0.15) is 0 Å². The lowest BCUT2D eigenvalue weighted by Gasteiger charge is -2.47. The summed E-state index contributed by atoms with van der Waals surface area (Å²) in [6, 6.07) is -0.396. The smallest absolute Gasteiger partial charge is 0.241 e. The highest BCUT2D eigenvalue weighted by Crippen LogP contribution is 2.24. The SMILES string of the molecule is CC(C)(CC(N)=O)N1CC(N)C1=O. The third-order valence-electron chi connectivity index (χ3n) is 2.30. The van der Waals surface area contributed by atoms with Gasteiger partial charge in [-0.3, -0.25) is 9.59 Å². The second-order valence-corrected chi connectivity index (χ2v) is 4.01. The molecule has 1 atom stereocenters. The lowest BCUT2D eigenvalue weighted by atomic mass is 9.92.